The summed E-state index contributed by atoms with van der Waals surface area (Å²) in [5.41, 5.74) is 2.42. The summed E-state index contributed by atoms with van der Waals surface area (Å²) in [6.07, 6.45) is 6.99. The fraction of sp³-hybridized carbons (Fsp3) is 0.556. The smallest absolute Gasteiger partial charge is 0.410 e. The molecule has 3 aromatic rings. The van der Waals surface area contributed by atoms with Crippen LogP contribution in [0.2, 0.25) is 0 Å². The van der Waals surface area contributed by atoms with Gasteiger partial charge in [-0.3, -0.25) is 9.69 Å². The average Bonchev–Trinajstić information content (AvgIpc) is 3.47. The first-order valence-corrected chi connectivity index (χ1v) is 17.2. The van der Waals surface area contributed by atoms with Gasteiger partial charge in [0.1, 0.15) is 29.6 Å². The van der Waals surface area contributed by atoms with Crippen molar-refractivity contribution in [3.63, 3.8) is 0 Å². The third kappa shape index (κ3) is 8.21. The van der Waals surface area contributed by atoms with Crippen LogP contribution >= 0.6 is 0 Å². The number of piperidine rings is 1. The highest BCUT2D eigenvalue weighted by molar-refractivity contribution is 5.95. The van der Waals surface area contributed by atoms with Crippen LogP contribution in [-0.4, -0.2) is 75.4 Å². The van der Waals surface area contributed by atoms with Crippen LogP contribution in [0, 0.1) is 6.92 Å². The molecule has 2 aromatic heterocycles. The van der Waals surface area contributed by atoms with Crippen molar-refractivity contribution in [3.8, 4) is 5.75 Å². The molecule has 2 amide bonds. The van der Waals surface area contributed by atoms with Gasteiger partial charge in [0, 0.05) is 37.8 Å². The normalized spacial score (nSPS) is 18.8. The standard InChI is InChI=1S/C36H48N6O6/c1-23-31(47-22-38-23)21-46-28-12-11-24-16-29(42(20-26(24)15-28)35(45)48-36(2,3)4)30(43)19-37-34(44)25-17-32(39-27-9-8-10-27)40-33(18-25)41-13-6-5-7-14-41/h11-12,15,17-18,22,27,29-30,43H,5-10,13-14,16,19-21H2,1-4H3,(H,37,44)(H,39,40)/t29?,30-/m1/s1. The Morgan fingerprint density at radius 3 is 2.56 bits per heavy atom. The van der Waals surface area contributed by atoms with E-state index in [2.05, 4.69) is 20.5 Å². The zero-order valence-electron chi connectivity index (χ0n) is 28.5. The molecule has 0 bridgehead atoms. The molecule has 1 aliphatic carbocycles. The minimum absolute atomic E-state index is 0.0391. The zero-order chi connectivity index (χ0) is 33.8. The molecule has 3 aliphatic rings. The van der Waals surface area contributed by atoms with Crippen LogP contribution in [0.15, 0.2) is 41.1 Å². The molecule has 12 heteroatoms. The van der Waals surface area contributed by atoms with E-state index in [1.807, 2.05) is 52.0 Å². The Hall–Kier alpha value is -4.32. The van der Waals surface area contributed by atoms with Gasteiger partial charge < -0.3 is 34.5 Å². The largest absolute Gasteiger partial charge is 0.486 e. The number of carbonyl (C=O) groups excluding carboxylic acids is 2. The number of fused-ring (bicyclic) bond motifs is 1. The van der Waals surface area contributed by atoms with Crippen LogP contribution in [0.5, 0.6) is 5.75 Å². The molecule has 2 atom stereocenters. The van der Waals surface area contributed by atoms with Crippen LogP contribution in [0.1, 0.15) is 92.2 Å². The van der Waals surface area contributed by atoms with Gasteiger partial charge >= 0.3 is 6.09 Å². The number of amides is 2. The van der Waals surface area contributed by atoms with Gasteiger partial charge in [-0.25, -0.2) is 14.8 Å². The minimum atomic E-state index is -1.05. The Kier molecular flexibility index (Phi) is 10.1. The summed E-state index contributed by atoms with van der Waals surface area (Å²) in [6.45, 7) is 9.54. The number of hydrogen-bond donors (Lipinski definition) is 3. The Morgan fingerprint density at radius 1 is 1.08 bits per heavy atom. The summed E-state index contributed by atoms with van der Waals surface area (Å²) >= 11 is 0. The highest BCUT2D eigenvalue weighted by Gasteiger charge is 2.37. The first kappa shape index (κ1) is 33.6. The van der Waals surface area contributed by atoms with E-state index < -0.39 is 23.8 Å². The van der Waals surface area contributed by atoms with E-state index in [1.54, 1.807) is 11.0 Å². The van der Waals surface area contributed by atoms with Gasteiger partial charge in [-0.15, -0.1) is 0 Å². The van der Waals surface area contributed by atoms with E-state index in [-0.39, 0.29) is 25.6 Å². The lowest BCUT2D eigenvalue weighted by Crippen LogP contribution is -2.54. The van der Waals surface area contributed by atoms with Crippen molar-refractivity contribution in [1.82, 2.24) is 20.2 Å². The van der Waals surface area contributed by atoms with Crippen molar-refractivity contribution >= 4 is 23.6 Å². The molecule has 6 rings (SSSR count). The first-order chi connectivity index (χ1) is 23.0. The predicted molar refractivity (Wildman–Crippen MR) is 181 cm³/mol. The number of pyridine rings is 1. The van der Waals surface area contributed by atoms with Crippen molar-refractivity contribution < 1.29 is 28.6 Å². The number of ether oxygens (including phenoxy) is 2. The van der Waals surface area contributed by atoms with E-state index in [1.165, 1.54) is 19.2 Å². The molecular weight excluding hydrogens is 612 g/mol. The van der Waals surface area contributed by atoms with Crippen molar-refractivity contribution in [3.05, 3.63) is 64.9 Å². The molecular formula is C36H48N6O6. The Morgan fingerprint density at radius 2 is 1.88 bits per heavy atom. The Labute approximate surface area is 282 Å². The molecule has 4 heterocycles. The molecule has 2 fully saturated rings. The van der Waals surface area contributed by atoms with Gasteiger partial charge in [-0.05, 0) is 108 Å². The number of aliphatic hydroxyl groups excluding tert-OH is 1. The van der Waals surface area contributed by atoms with Crippen molar-refractivity contribution in [2.45, 2.75) is 110 Å². The second kappa shape index (κ2) is 14.4. The molecule has 3 N–H and O–H groups in total. The number of aryl methyl sites for hydroxylation is 1. The number of rotatable bonds is 10. The lowest BCUT2D eigenvalue weighted by atomic mass is 9.91. The van der Waals surface area contributed by atoms with E-state index in [0.717, 1.165) is 61.4 Å². The predicted octanol–water partition coefficient (Wildman–Crippen LogP) is 5.36. The number of hydrogen-bond acceptors (Lipinski definition) is 10. The molecule has 1 saturated heterocycles. The van der Waals surface area contributed by atoms with Crippen LogP contribution < -0.4 is 20.3 Å². The maximum Gasteiger partial charge on any atom is 0.410 e. The van der Waals surface area contributed by atoms with Crippen LogP contribution in [0.3, 0.4) is 0 Å². The fourth-order valence-corrected chi connectivity index (χ4v) is 6.36. The number of aliphatic hydroxyl groups is 1. The third-order valence-electron chi connectivity index (χ3n) is 9.32. The van der Waals surface area contributed by atoms with E-state index in [9.17, 15) is 14.7 Å². The second-order valence-corrected chi connectivity index (χ2v) is 14.2. The van der Waals surface area contributed by atoms with Crippen LogP contribution in [0.25, 0.3) is 0 Å². The van der Waals surface area contributed by atoms with Crippen LogP contribution in [0.4, 0.5) is 16.4 Å². The monoisotopic (exact) mass is 660 g/mol. The summed E-state index contributed by atoms with van der Waals surface area (Å²) in [6, 6.07) is 9.12. The number of nitrogens with one attached hydrogen (secondary N) is 2. The van der Waals surface area contributed by atoms with Crippen molar-refractivity contribution in [1.29, 1.82) is 0 Å². The molecule has 2 aliphatic heterocycles. The number of benzene rings is 1. The molecule has 258 valence electrons. The number of nitrogens with zero attached hydrogens (tertiary/aromatic N) is 4. The van der Waals surface area contributed by atoms with Crippen molar-refractivity contribution in [2.75, 3.05) is 29.9 Å². The quantitative estimate of drug-likeness (QED) is 0.260. The third-order valence-corrected chi connectivity index (χ3v) is 9.32. The second-order valence-electron chi connectivity index (χ2n) is 14.2. The van der Waals surface area contributed by atoms with Gasteiger partial charge in [-0.1, -0.05) is 6.07 Å². The molecule has 48 heavy (non-hydrogen) atoms. The van der Waals surface area contributed by atoms with Gasteiger partial charge in [0.25, 0.3) is 5.91 Å². The van der Waals surface area contributed by atoms with Gasteiger partial charge in [-0.2, -0.15) is 0 Å². The highest BCUT2D eigenvalue weighted by atomic mass is 16.6. The zero-order valence-corrected chi connectivity index (χ0v) is 28.5. The number of oxazole rings is 1. The molecule has 0 radical (unpaired) electrons. The summed E-state index contributed by atoms with van der Waals surface area (Å²) in [7, 11) is 0. The Balaban J connectivity index is 1.16. The summed E-state index contributed by atoms with van der Waals surface area (Å²) in [5.74, 6) is 2.48. The van der Waals surface area contributed by atoms with E-state index >= 15 is 0 Å². The maximum atomic E-state index is 13.6. The Bertz CT molecular complexity index is 1590. The summed E-state index contributed by atoms with van der Waals surface area (Å²) in [5, 5.41) is 17.9. The minimum Gasteiger partial charge on any atom is -0.486 e. The van der Waals surface area contributed by atoms with Crippen molar-refractivity contribution in [2.24, 2.45) is 0 Å². The lowest BCUT2D eigenvalue weighted by molar-refractivity contribution is -0.0113. The molecule has 12 nitrogen and oxygen atoms in total. The number of aromatic nitrogens is 2. The summed E-state index contributed by atoms with van der Waals surface area (Å²) < 4.78 is 17.1. The molecule has 1 unspecified atom stereocenters. The molecule has 1 saturated carbocycles. The topological polar surface area (TPSA) is 142 Å². The highest BCUT2D eigenvalue weighted by Crippen LogP contribution is 2.31. The fourth-order valence-electron chi connectivity index (χ4n) is 6.36. The van der Waals surface area contributed by atoms with Gasteiger partial charge in [0.05, 0.1) is 17.8 Å². The molecule has 0 spiro atoms. The average molecular weight is 661 g/mol. The summed E-state index contributed by atoms with van der Waals surface area (Å²) in [4.78, 5) is 39.8. The maximum absolute atomic E-state index is 13.6. The van der Waals surface area contributed by atoms with E-state index in [0.29, 0.717) is 35.4 Å². The van der Waals surface area contributed by atoms with Gasteiger partial charge in [0.2, 0.25) is 0 Å². The van der Waals surface area contributed by atoms with E-state index in [4.69, 9.17) is 18.9 Å². The SMILES string of the molecule is Cc1ncoc1COc1ccc2c(c1)CN(C(=O)OC(C)(C)C)C([C@H](O)CNC(=O)c1cc(NC3CCC3)nc(N3CCCCC3)c1)C2. The number of carbonyl (C=O) groups is 2. The first-order valence-electron chi connectivity index (χ1n) is 17.2. The van der Waals surface area contributed by atoms with Gasteiger partial charge in [0.15, 0.2) is 12.2 Å². The molecule has 1 aromatic carbocycles. The number of anilines is 2. The van der Waals surface area contributed by atoms with Crippen LogP contribution in [-0.2, 0) is 24.3 Å². The lowest BCUT2D eigenvalue weighted by Gasteiger charge is -2.40.